The number of aromatic hydroxyl groups is 1. The Kier molecular flexibility index (Phi) is 13.6. The molecule has 0 saturated heterocycles. The number of thioether (sulfide) groups is 1. The summed E-state index contributed by atoms with van der Waals surface area (Å²) in [5.74, 6) is -6.50. The van der Waals surface area contributed by atoms with Crippen LogP contribution in [0.5, 0.6) is 5.75 Å². The lowest BCUT2D eigenvalue weighted by Gasteiger charge is -2.24. The van der Waals surface area contributed by atoms with Crippen LogP contribution in [0.3, 0.4) is 0 Å². The molecule has 0 bridgehead atoms. The Morgan fingerprint density at radius 3 is 1.89 bits per heavy atom. The number of phenolic OH excluding ortho intramolecular Hbond substituents is 1. The first-order valence-corrected chi connectivity index (χ1v) is 12.8. The minimum Gasteiger partial charge on any atom is -0.508 e. The molecule has 0 radical (unpaired) electrons. The molecular formula is C23H32N4O10S. The van der Waals surface area contributed by atoms with Crippen molar-refractivity contribution in [2.24, 2.45) is 5.73 Å². The maximum absolute atomic E-state index is 12.9. The largest absolute Gasteiger partial charge is 0.508 e. The van der Waals surface area contributed by atoms with Crippen molar-refractivity contribution >= 4 is 47.4 Å². The quantitative estimate of drug-likeness (QED) is 0.114. The summed E-state index contributed by atoms with van der Waals surface area (Å²) in [6.07, 6.45) is 0.0626. The normalized spacial score (nSPS) is 13.8. The lowest BCUT2D eigenvalue weighted by Crippen LogP contribution is -2.57. The van der Waals surface area contributed by atoms with E-state index in [1.807, 2.05) is 0 Å². The van der Waals surface area contributed by atoms with E-state index in [-0.39, 0.29) is 18.6 Å². The molecule has 14 nitrogen and oxygen atoms in total. The van der Waals surface area contributed by atoms with Crippen LogP contribution in [0, 0.1) is 0 Å². The number of carbonyl (C=O) groups excluding carboxylic acids is 3. The minimum absolute atomic E-state index is 0.0154. The molecule has 15 heteroatoms. The number of carboxylic acids is 3. The summed E-state index contributed by atoms with van der Waals surface area (Å²) in [5.41, 5.74) is 6.50. The second-order valence-electron chi connectivity index (χ2n) is 8.31. The number of phenols is 1. The molecule has 0 heterocycles. The Labute approximate surface area is 222 Å². The lowest BCUT2D eigenvalue weighted by molar-refractivity contribution is -0.144. The summed E-state index contributed by atoms with van der Waals surface area (Å²) >= 11 is 1.33. The SMILES string of the molecule is CSCCC(NC(=O)C(CC(=O)O)NC(=O)C(N)Cc1ccc(O)cc1)C(=O)NC(CCC(=O)O)C(=O)O. The Balaban J connectivity index is 2.95. The number of carbonyl (C=O) groups is 6. The molecule has 0 aliphatic carbocycles. The first-order chi connectivity index (χ1) is 17.8. The molecule has 1 rings (SSSR count). The molecule has 1 aromatic carbocycles. The average molecular weight is 557 g/mol. The van der Waals surface area contributed by atoms with Gasteiger partial charge < -0.3 is 42.1 Å². The van der Waals surface area contributed by atoms with E-state index in [2.05, 4.69) is 16.0 Å². The van der Waals surface area contributed by atoms with Crippen LogP contribution in [-0.4, -0.2) is 92.2 Å². The molecule has 0 aromatic heterocycles. The monoisotopic (exact) mass is 556 g/mol. The van der Waals surface area contributed by atoms with E-state index in [0.29, 0.717) is 11.3 Å². The van der Waals surface area contributed by atoms with E-state index in [1.165, 1.54) is 23.9 Å². The van der Waals surface area contributed by atoms with Crippen LogP contribution in [-0.2, 0) is 35.2 Å². The van der Waals surface area contributed by atoms with Gasteiger partial charge in [0.15, 0.2) is 0 Å². The van der Waals surface area contributed by atoms with Gasteiger partial charge in [-0.25, -0.2) is 4.79 Å². The Morgan fingerprint density at radius 1 is 0.816 bits per heavy atom. The molecule has 1 aromatic rings. The number of nitrogens with one attached hydrogen (secondary N) is 3. The predicted octanol–water partition coefficient (Wildman–Crippen LogP) is -1.11. The van der Waals surface area contributed by atoms with Crippen LogP contribution in [0.1, 0.15) is 31.2 Å². The van der Waals surface area contributed by atoms with Crippen LogP contribution in [0.15, 0.2) is 24.3 Å². The van der Waals surface area contributed by atoms with Gasteiger partial charge in [0, 0.05) is 6.42 Å². The van der Waals surface area contributed by atoms with Crippen molar-refractivity contribution in [1.29, 1.82) is 0 Å². The number of carboxylic acid groups (broad SMARTS) is 3. The fourth-order valence-electron chi connectivity index (χ4n) is 3.22. The van der Waals surface area contributed by atoms with E-state index in [9.17, 15) is 44.1 Å². The van der Waals surface area contributed by atoms with Crippen LogP contribution >= 0.6 is 11.8 Å². The third kappa shape index (κ3) is 11.9. The number of hydrogen-bond donors (Lipinski definition) is 8. The van der Waals surface area contributed by atoms with E-state index < -0.39 is 79.1 Å². The average Bonchev–Trinajstić information content (AvgIpc) is 2.84. The van der Waals surface area contributed by atoms with Crippen molar-refractivity contribution in [3.8, 4) is 5.75 Å². The van der Waals surface area contributed by atoms with Crippen molar-refractivity contribution in [3.63, 3.8) is 0 Å². The highest BCUT2D eigenvalue weighted by molar-refractivity contribution is 7.98. The molecule has 0 aliphatic heterocycles. The van der Waals surface area contributed by atoms with Gasteiger partial charge in [0.1, 0.15) is 23.9 Å². The third-order valence-corrected chi connectivity index (χ3v) is 5.89. The summed E-state index contributed by atoms with van der Waals surface area (Å²) in [4.78, 5) is 71.8. The fourth-order valence-corrected chi connectivity index (χ4v) is 3.69. The summed E-state index contributed by atoms with van der Waals surface area (Å²) in [7, 11) is 0. The molecule has 38 heavy (non-hydrogen) atoms. The van der Waals surface area contributed by atoms with E-state index >= 15 is 0 Å². The maximum atomic E-state index is 12.9. The summed E-state index contributed by atoms with van der Waals surface area (Å²) in [6, 6.07) is 0.302. The molecule has 0 fully saturated rings. The number of benzene rings is 1. The van der Waals surface area contributed by atoms with Crippen LogP contribution in [0.4, 0.5) is 0 Å². The highest BCUT2D eigenvalue weighted by Crippen LogP contribution is 2.11. The van der Waals surface area contributed by atoms with Gasteiger partial charge in [-0.1, -0.05) is 12.1 Å². The molecule has 4 unspecified atom stereocenters. The van der Waals surface area contributed by atoms with Crippen LogP contribution in [0.2, 0.25) is 0 Å². The van der Waals surface area contributed by atoms with Crippen LogP contribution in [0.25, 0.3) is 0 Å². The number of rotatable bonds is 17. The lowest BCUT2D eigenvalue weighted by atomic mass is 10.0. The number of amides is 3. The highest BCUT2D eigenvalue weighted by atomic mass is 32.2. The topological polar surface area (TPSA) is 245 Å². The second-order valence-corrected chi connectivity index (χ2v) is 9.30. The molecule has 0 aliphatic rings. The molecule has 4 atom stereocenters. The maximum Gasteiger partial charge on any atom is 0.326 e. The van der Waals surface area contributed by atoms with Crippen molar-refractivity contribution in [3.05, 3.63) is 29.8 Å². The Morgan fingerprint density at radius 2 is 1.37 bits per heavy atom. The van der Waals surface area contributed by atoms with E-state index in [0.717, 1.165) is 0 Å². The molecule has 0 spiro atoms. The first kappa shape index (κ1) is 32.2. The molecule has 210 valence electrons. The molecule has 9 N–H and O–H groups in total. The molecular weight excluding hydrogens is 524 g/mol. The zero-order valence-electron chi connectivity index (χ0n) is 20.6. The van der Waals surface area contributed by atoms with Gasteiger partial charge in [0.2, 0.25) is 17.7 Å². The number of nitrogens with two attached hydrogens (primary N) is 1. The smallest absolute Gasteiger partial charge is 0.326 e. The predicted molar refractivity (Wildman–Crippen MR) is 135 cm³/mol. The minimum atomic E-state index is -1.60. The first-order valence-electron chi connectivity index (χ1n) is 11.4. The van der Waals surface area contributed by atoms with Gasteiger partial charge in [-0.15, -0.1) is 0 Å². The zero-order chi connectivity index (χ0) is 28.8. The Bertz CT molecular complexity index is 1000. The van der Waals surface area contributed by atoms with Gasteiger partial charge in [0.25, 0.3) is 0 Å². The highest BCUT2D eigenvalue weighted by Gasteiger charge is 2.31. The van der Waals surface area contributed by atoms with Crippen molar-refractivity contribution < 1.29 is 49.2 Å². The van der Waals surface area contributed by atoms with Gasteiger partial charge in [-0.2, -0.15) is 11.8 Å². The summed E-state index contributed by atoms with van der Waals surface area (Å²) in [5, 5.41) is 43.5. The van der Waals surface area contributed by atoms with E-state index in [1.54, 1.807) is 18.4 Å². The fraction of sp³-hybridized carbons (Fsp3) is 0.478. The van der Waals surface area contributed by atoms with Crippen molar-refractivity contribution in [2.45, 2.75) is 56.3 Å². The molecule has 0 saturated carbocycles. The molecule has 3 amide bonds. The van der Waals surface area contributed by atoms with Crippen molar-refractivity contribution in [1.82, 2.24) is 16.0 Å². The standard InChI is InChI=1S/C23H32N4O10S/c1-38-9-8-15(21(34)26-16(23(36)37)6-7-18(29)30)25-22(35)17(11-19(31)32)27-20(33)14(24)10-12-2-4-13(28)5-3-12/h2-5,14-17,28H,6-11,24H2,1H3,(H,25,35)(H,26,34)(H,27,33)(H,29,30)(H,31,32)(H,36,37). The number of hydrogen-bond acceptors (Lipinski definition) is 9. The summed E-state index contributed by atoms with van der Waals surface area (Å²) < 4.78 is 0. The second kappa shape index (κ2) is 16.1. The van der Waals surface area contributed by atoms with E-state index in [4.69, 9.17) is 10.8 Å². The van der Waals surface area contributed by atoms with Gasteiger partial charge in [-0.3, -0.25) is 24.0 Å². The third-order valence-electron chi connectivity index (χ3n) is 5.25. The zero-order valence-corrected chi connectivity index (χ0v) is 21.4. The van der Waals surface area contributed by atoms with Crippen molar-refractivity contribution in [2.75, 3.05) is 12.0 Å². The Hall–Kier alpha value is -3.85. The van der Waals surface area contributed by atoms with Crippen LogP contribution < -0.4 is 21.7 Å². The van der Waals surface area contributed by atoms with Gasteiger partial charge in [-0.05, 0) is 49.0 Å². The number of aliphatic carboxylic acids is 3. The van der Waals surface area contributed by atoms with Gasteiger partial charge in [0.05, 0.1) is 12.5 Å². The van der Waals surface area contributed by atoms with Gasteiger partial charge >= 0.3 is 17.9 Å². The summed E-state index contributed by atoms with van der Waals surface area (Å²) in [6.45, 7) is 0.